The molecule has 2 aliphatic heterocycles. The molecule has 0 unspecified atom stereocenters. The Labute approximate surface area is 195 Å². The first-order valence-electron chi connectivity index (χ1n) is 11.0. The summed E-state index contributed by atoms with van der Waals surface area (Å²) in [6, 6.07) is 8.69. The smallest absolute Gasteiger partial charge is 0.379 e. The normalized spacial score (nSPS) is 18.4. The molecule has 1 aromatic carbocycles. The lowest BCUT2D eigenvalue weighted by Crippen LogP contribution is -2.39. The highest BCUT2D eigenvalue weighted by atomic mass is 35.5. The van der Waals surface area contributed by atoms with Crippen molar-refractivity contribution in [2.45, 2.75) is 25.6 Å². The number of carbonyl (C=O) groups is 1. The molecule has 178 valence electrons. The lowest BCUT2D eigenvalue weighted by atomic mass is 9.95. The highest BCUT2D eigenvalue weighted by molar-refractivity contribution is 6.33. The highest BCUT2D eigenvalue weighted by Crippen LogP contribution is 2.35. The van der Waals surface area contributed by atoms with Crippen LogP contribution in [0, 0.1) is 5.92 Å². The number of piperidine rings is 1. The number of nitrogens with zero attached hydrogens (tertiary/aromatic N) is 3. The maximum atomic E-state index is 12.9. The maximum absolute atomic E-state index is 12.9. The van der Waals surface area contributed by atoms with Gasteiger partial charge in [-0.25, -0.2) is 4.98 Å². The van der Waals surface area contributed by atoms with E-state index in [2.05, 4.69) is 15.2 Å². The number of alkyl halides is 3. The molecular weight excluding hydrogens is 457 g/mol. The van der Waals surface area contributed by atoms with E-state index in [4.69, 9.17) is 16.3 Å². The van der Waals surface area contributed by atoms with Crippen LogP contribution >= 0.6 is 11.6 Å². The fraction of sp³-hybridized carbons (Fsp3) is 0.478. The summed E-state index contributed by atoms with van der Waals surface area (Å²) in [6.45, 7) is 4.88. The van der Waals surface area contributed by atoms with Gasteiger partial charge in [0.15, 0.2) is 0 Å². The van der Waals surface area contributed by atoms with Gasteiger partial charge < -0.3 is 15.0 Å². The van der Waals surface area contributed by atoms with Crippen LogP contribution in [0.5, 0.6) is 0 Å². The molecule has 0 saturated carbocycles. The standard InChI is InChI=1S/C23H26ClF3N4O2/c24-19-13-18(23(25,26)27)14-28-21(19)31-7-5-16(6-8-31)22(32)29-20-4-2-1-3-17(20)15-30-9-11-33-12-10-30/h1-4,13-14,16H,5-12,15H2,(H,29,32). The van der Waals surface area contributed by atoms with E-state index in [9.17, 15) is 18.0 Å². The van der Waals surface area contributed by atoms with Gasteiger partial charge in [0.2, 0.25) is 5.91 Å². The van der Waals surface area contributed by atoms with Gasteiger partial charge in [-0.05, 0) is 30.5 Å². The Kier molecular flexibility index (Phi) is 7.41. The van der Waals surface area contributed by atoms with Crippen LogP contribution in [0.4, 0.5) is 24.7 Å². The van der Waals surface area contributed by atoms with Crippen LogP contribution < -0.4 is 10.2 Å². The zero-order valence-electron chi connectivity index (χ0n) is 18.1. The van der Waals surface area contributed by atoms with Gasteiger partial charge in [0, 0.05) is 50.5 Å². The SMILES string of the molecule is O=C(Nc1ccccc1CN1CCOCC1)C1CCN(c2ncc(C(F)(F)F)cc2Cl)CC1. The second-order valence-electron chi connectivity index (χ2n) is 8.32. The third-order valence-electron chi connectivity index (χ3n) is 6.09. The molecule has 2 aromatic rings. The van der Waals surface area contributed by atoms with Crippen molar-refractivity contribution in [2.24, 2.45) is 5.92 Å². The lowest BCUT2D eigenvalue weighted by molar-refractivity contribution is -0.137. The van der Waals surface area contributed by atoms with E-state index in [-0.39, 0.29) is 16.8 Å². The molecule has 4 rings (SSSR count). The molecule has 0 spiro atoms. The summed E-state index contributed by atoms with van der Waals surface area (Å²) < 4.78 is 44.0. The summed E-state index contributed by atoms with van der Waals surface area (Å²) in [4.78, 5) is 21.0. The zero-order valence-corrected chi connectivity index (χ0v) is 18.8. The van der Waals surface area contributed by atoms with Gasteiger partial charge in [0.05, 0.1) is 23.8 Å². The van der Waals surface area contributed by atoms with Gasteiger partial charge in [0.25, 0.3) is 0 Å². The minimum atomic E-state index is -4.49. The van der Waals surface area contributed by atoms with Gasteiger partial charge in [-0.1, -0.05) is 29.8 Å². The molecule has 6 nitrogen and oxygen atoms in total. The topological polar surface area (TPSA) is 57.7 Å². The maximum Gasteiger partial charge on any atom is 0.417 e. The van der Waals surface area contributed by atoms with Gasteiger partial charge >= 0.3 is 6.18 Å². The first kappa shape index (κ1) is 23.8. The third-order valence-corrected chi connectivity index (χ3v) is 6.37. The number of hydrogen-bond donors (Lipinski definition) is 1. The Morgan fingerprint density at radius 2 is 1.85 bits per heavy atom. The fourth-order valence-electron chi connectivity index (χ4n) is 4.19. The summed E-state index contributed by atoms with van der Waals surface area (Å²) in [5, 5.41) is 3.04. The number of carbonyl (C=O) groups excluding carboxylic acids is 1. The molecule has 1 aromatic heterocycles. The summed E-state index contributed by atoms with van der Waals surface area (Å²) >= 11 is 6.08. The molecule has 0 bridgehead atoms. The molecule has 1 N–H and O–H groups in total. The highest BCUT2D eigenvalue weighted by Gasteiger charge is 2.33. The molecule has 0 atom stereocenters. The predicted molar refractivity (Wildman–Crippen MR) is 120 cm³/mol. The van der Waals surface area contributed by atoms with Crippen LogP contribution in [0.15, 0.2) is 36.5 Å². The molecule has 1 amide bonds. The van der Waals surface area contributed by atoms with E-state index in [1.165, 1.54) is 0 Å². The molecule has 2 saturated heterocycles. The average molecular weight is 483 g/mol. The Bertz CT molecular complexity index is 974. The first-order chi connectivity index (χ1) is 15.8. The summed E-state index contributed by atoms with van der Waals surface area (Å²) in [5.41, 5.74) is 0.996. The van der Waals surface area contributed by atoms with Crippen molar-refractivity contribution in [1.82, 2.24) is 9.88 Å². The quantitative estimate of drug-likeness (QED) is 0.682. The minimum absolute atomic E-state index is 0.0373. The lowest BCUT2D eigenvalue weighted by Gasteiger charge is -2.33. The number of anilines is 2. The van der Waals surface area contributed by atoms with Crippen LogP contribution in [-0.2, 0) is 22.3 Å². The number of halogens is 4. The van der Waals surface area contributed by atoms with Crippen molar-refractivity contribution in [3.63, 3.8) is 0 Å². The summed E-state index contributed by atoms with van der Waals surface area (Å²) in [5.74, 6) is 0.0841. The number of hydrogen-bond acceptors (Lipinski definition) is 5. The largest absolute Gasteiger partial charge is 0.417 e. The Hall–Kier alpha value is -2.36. The third kappa shape index (κ3) is 5.96. The van der Waals surface area contributed by atoms with Crippen molar-refractivity contribution >= 4 is 29.0 Å². The number of nitrogens with one attached hydrogen (secondary N) is 1. The van der Waals surface area contributed by atoms with E-state index < -0.39 is 11.7 Å². The average Bonchev–Trinajstić information content (AvgIpc) is 2.80. The fourth-order valence-corrected chi connectivity index (χ4v) is 4.47. The van der Waals surface area contributed by atoms with Crippen molar-refractivity contribution in [1.29, 1.82) is 0 Å². The van der Waals surface area contributed by atoms with Gasteiger partial charge in [-0.3, -0.25) is 9.69 Å². The predicted octanol–water partition coefficient (Wildman–Crippen LogP) is 4.44. The minimum Gasteiger partial charge on any atom is -0.379 e. The van der Waals surface area contributed by atoms with E-state index in [1.807, 2.05) is 29.2 Å². The van der Waals surface area contributed by atoms with Gasteiger partial charge in [-0.15, -0.1) is 0 Å². The van der Waals surface area contributed by atoms with E-state index in [0.29, 0.717) is 45.0 Å². The molecule has 33 heavy (non-hydrogen) atoms. The second kappa shape index (κ2) is 10.3. The van der Waals surface area contributed by atoms with Crippen molar-refractivity contribution in [3.8, 4) is 0 Å². The van der Waals surface area contributed by atoms with Crippen molar-refractivity contribution in [3.05, 3.63) is 52.7 Å². The molecule has 0 radical (unpaired) electrons. The van der Waals surface area contributed by atoms with Gasteiger partial charge in [-0.2, -0.15) is 13.2 Å². The molecule has 2 fully saturated rings. The van der Waals surface area contributed by atoms with Crippen LogP contribution in [0.1, 0.15) is 24.0 Å². The molecule has 10 heteroatoms. The second-order valence-corrected chi connectivity index (χ2v) is 8.73. The molecule has 3 heterocycles. The number of rotatable bonds is 5. The van der Waals surface area contributed by atoms with Crippen LogP contribution in [0.3, 0.4) is 0 Å². The number of ether oxygens (including phenoxy) is 1. The zero-order chi connectivity index (χ0) is 23.4. The summed E-state index contributed by atoms with van der Waals surface area (Å²) in [6.07, 6.45) is -2.56. The number of aromatic nitrogens is 1. The Balaban J connectivity index is 1.35. The molecular formula is C23H26ClF3N4O2. The van der Waals surface area contributed by atoms with E-state index >= 15 is 0 Å². The van der Waals surface area contributed by atoms with Crippen LogP contribution in [-0.4, -0.2) is 55.2 Å². The van der Waals surface area contributed by atoms with Crippen molar-refractivity contribution in [2.75, 3.05) is 49.6 Å². The van der Waals surface area contributed by atoms with Crippen LogP contribution in [0.2, 0.25) is 5.02 Å². The molecule has 0 aliphatic carbocycles. The number of amides is 1. The molecule has 2 aliphatic rings. The van der Waals surface area contributed by atoms with E-state index in [1.54, 1.807) is 0 Å². The monoisotopic (exact) mass is 482 g/mol. The number of morpholine rings is 1. The number of para-hydroxylation sites is 1. The first-order valence-corrected chi connectivity index (χ1v) is 11.4. The number of benzene rings is 1. The summed E-state index contributed by atoms with van der Waals surface area (Å²) in [7, 11) is 0. The van der Waals surface area contributed by atoms with Gasteiger partial charge in [0.1, 0.15) is 5.82 Å². The Morgan fingerprint density at radius 3 is 2.52 bits per heavy atom. The van der Waals surface area contributed by atoms with E-state index in [0.717, 1.165) is 43.1 Å². The van der Waals surface area contributed by atoms with Crippen LogP contribution in [0.25, 0.3) is 0 Å². The Morgan fingerprint density at radius 1 is 1.15 bits per heavy atom. The van der Waals surface area contributed by atoms with Crippen molar-refractivity contribution < 1.29 is 22.7 Å². The number of pyridine rings is 1.